The fourth-order valence-electron chi connectivity index (χ4n) is 4.68. The molecule has 1 amide bonds. The number of nitrogens with zero attached hydrogens (tertiary/aromatic N) is 3. The smallest absolute Gasteiger partial charge is 0.322 e. The number of nitrogens with two attached hydrogens (primary N) is 1. The largest absolute Gasteiger partial charge is 0.480 e. The van der Waals surface area contributed by atoms with Crippen molar-refractivity contribution in [2.24, 2.45) is 5.84 Å². The SMILES string of the molecule is NNC(=O)c1cc(-c2ccc(C#Cc3ccc(S(=O)(=O)N4CCCCC4C(=O)O)cc3Cl)cc2)nc2ccncc12. The molecule has 10 nitrogen and oxygen atoms in total. The summed E-state index contributed by atoms with van der Waals surface area (Å²) in [7, 11) is -4.04. The molecule has 2 aromatic carbocycles. The van der Waals surface area contributed by atoms with Gasteiger partial charge in [-0.05, 0) is 61.7 Å². The zero-order valence-corrected chi connectivity index (χ0v) is 23.1. The summed E-state index contributed by atoms with van der Waals surface area (Å²) >= 11 is 6.39. The number of fused-ring (bicyclic) bond motifs is 1. The summed E-state index contributed by atoms with van der Waals surface area (Å²) in [5, 5.41) is 10.2. The van der Waals surface area contributed by atoms with Crippen molar-refractivity contribution in [2.75, 3.05) is 6.54 Å². The van der Waals surface area contributed by atoms with Gasteiger partial charge < -0.3 is 5.11 Å². The Labute approximate surface area is 241 Å². The molecule has 0 radical (unpaired) electrons. The summed E-state index contributed by atoms with van der Waals surface area (Å²) in [4.78, 5) is 32.6. The maximum atomic E-state index is 13.2. The van der Waals surface area contributed by atoms with Crippen molar-refractivity contribution in [1.82, 2.24) is 19.7 Å². The van der Waals surface area contributed by atoms with Crippen LogP contribution in [0.25, 0.3) is 22.2 Å². The van der Waals surface area contributed by atoms with Crippen LogP contribution in [0.15, 0.2) is 71.9 Å². The van der Waals surface area contributed by atoms with E-state index in [0.717, 1.165) is 9.87 Å². The molecule has 1 fully saturated rings. The summed E-state index contributed by atoms with van der Waals surface area (Å²) < 4.78 is 27.4. The highest BCUT2D eigenvalue weighted by Gasteiger charge is 2.37. The van der Waals surface area contributed by atoms with Crippen LogP contribution in [0.1, 0.15) is 40.7 Å². The average Bonchev–Trinajstić information content (AvgIpc) is 2.99. The predicted molar refractivity (Wildman–Crippen MR) is 153 cm³/mol. The van der Waals surface area contributed by atoms with Crippen molar-refractivity contribution in [3.8, 4) is 23.1 Å². The van der Waals surface area contributed by atoms with E-state index in [1.165, 1.54) is 18.2 Å². The Morgan fingerprint density at radius 2 is 1.85 bits per heavy atom. The van der Waals surface area contributed by atoms with E-state index in [1.807, 2.05) is 12.1 Å². The fourth-order valence-corrected chi connectivity index (χ4v) is 6.65. The molecule has 1 unspecified atom stereocenters. The Balaban J connectivity index is 1.39. The van der Waals surface area contributed by atoms with Gasteiger partial charge in [0.25, 0.3) is 5.91 Å². The number of carboxylic acids is 1. The standard InChI is InChI=1S/C29H24ClN5O5S/c30-24-15-21(41(39,40)35-14-2-1-3-27(35)29(37)38)11-10-19(24)7-4-18-5-8-20(9-6-18)26-16-22(28(36)34-31)23-17-32-13-12-25(23)33-26/h5-6,8-13,15-17,27H,1-3,14,31H2,(H,34,36)(H,37,38). The number of nitrogen functional groups attached to an aromatic ring is 1. The number of aromatic nitrogens is 2. The van der Waals surface area contributed by atoms with Gasteiger partial charge in [0.15, 0.2) is 0 Å². The molecule has 4 N–H and O–H groups in total. The van der Waals surface area contributed by atoms with Crippen molar-refractivity contribution < 1.29 is 23.1 Å². The van der Waals surface area contributed by atoms with E-state index in [0.29, 0.717) is 46.1 Å². The van der Waals surface area contributed by atoms with E-state index >= 15 is 0 Å². The molecule has 1 saturated heterocycles. The van der Waals surface area contributed by atoms with Gasteiger partial charge in [-0.2, -0.15) is 4.31 Å². The number of sulfonamides is 1. The van der Waals surface area contributed by atoms with Crippen molar-refractivity contribution >= 4 is 44.4 Å². The number of benzene rings is 2. The number of carbonyl (C=O) groups is 2. The minimum Gasteiger partial charge on any atom is -0.480 e. The number of carbonyl (C=O) groups excluding carboxylic acids is 1. The van der Waals surface area contributed by atoms with Crippen molar-refractivity contribution in [3.05, 3.63) is 88.7 Å². The maximum Gasteiger partial charge on any atom is 0.322 e. The predicted octanol–water partition coefficient (Wildman–Crippen LogP) is 3.58. The molecule has 41 heavy (non-hydrogen) atoms. The molecular formula is C29H24ClN5O5S. The Morgan fingerprint density at radius 1 is 1.07 bits per heavy atom. The second kappa shape index (κ2) is 11.6. The van der Waals surface area contributed by atoms with Crippen LogP contribution in [-0.2, 0) is 14.8 Å². The van der Waals surface area contributed by atoms with E-state index in [9.17, 15) is 23.1 Å². The van der Waals surface area contributed by atoms with Crippen LogP contribution in [0.2, 0.25) is 5.02 Å². The van der Waals surface area contributed by atoms with E-state index in [4.69, 9.17) is 17.4 Å². The molecule has 0 bridgehead atoms. The Hall–Kier alpha value is -4.34. The number of amides is 1. The molecule has 3 heterocycles. The molecule has 2 aromatic heterocycles. The second-order valence-electron chi connectivity index (χ2n) is 9.36. The molecule has 12 heteroatoms. The summed E-state index contributed by atoms with van der Waals surface area (Å²) in [5.74, 6) is 9.70. The van der Waals surface area contributed by atoms with Gasteiger partial charge in [0.1, 0.15) is 6.04 Å². The molecule has 0 aliphatic carbocycles. The number of halogens is 1. The normalized spacial score (nSPS) is 15.6. The first-order valence-electron chi connectivity index (χ1n) is 12.6. The summed E-state index contributed by atoms with van der Waals surface area (Å²) in [6.45, 7) is 0.141. The lowest BCUT2D eigenvalue weighted by molar-refractivity contribution is -0.142. The first-order valence-corrected chi connectivity index (χ1v) is 14.4. The Kier molecular flexibility index (Phi) is 8.01. The minimum absolute atomic E-state index is 0.0769. The molecule has 4 aromatic rings. The number of carboxylic acid groups (broad SMARTS) is 1. The second-order valence-corrected chi connectivity index (χ2v) is 11.7. The number of nitrogens with one attached hydrogen (secondary N) is 1. The minimum atomic E-state index is -4.04. The third kappa shape index (κ3) is 5.77. The number of hydrogen-bond donors (Lipinski definition) is 3. The number of hydrazine groups is 1. The maximum absolute atomic E-state index is 13.2. The van der Waals surface area contributed by atoms with Crippen molar-refractivity contribution in [1.29, 1.82) is 0 Å². The number of aliphatic carboxylic acids is 1. The summed E-state index contributed by atoms with van der Waals surface area (Å²) in [6, 6.07) is 13.7. The van der Waals surface area contributed by atoms with Gasteiger partial charge in [0.2, 0.25) is 10.0 Å². The molecule has 1 aliphatic heterocycles. The molecule has 5 rings (SSSR count). The van der Waals surface area contributed by atoms with Crippen LogP contribution >= 0.6 is 11.6 Å². The highest BCUT2D eigenvalue weighted by molar-refractivity contribution is 7.89. The topological polar surface area (TPSA) is 156 Å². The average molecular weight is 590 g/mol. The van der Waals surface area contributed by atoms with Gasteiger partial charge in [-0.3, -0.25) is 20.0 Å². The van der Waals surface area contributed by atoms with Crippen LogP contribution < -0.4 is 11.3 Å². The quantitative estimate of drug-likeness (QED) is 0.138. The number of rotatable bonds is 5. The molecule has 0 saturated carbocycles. The molecule has 1 aliphatic rings. The van der Waals surface area contributed by atoms with Crippen LogP contribution in [0.4, 0.5) is 0 Å². The molecule has 0 spiro atoms. The van der Waals surface area contributed by atoms with Crippen LogP contribution in [0, 0.1) is 11.8 Å². The Morgan fingerprint density at radius 3 is 2.56 bits per heavy atom. The van der Waals surface area contributed by atoms with Gasteiger partial charge in [-0.1, -0.05) is 35.6 Å². The van der Waals surface area contributed by atoms with Gasteiger partial charge in [-0.15, -0.1) is 0 Å². The van der Waals surface area contributed by atoms with E-state index in [1.54, 1.807) is 36.7 Å². The van der Waals surface area contributed by atoms with Gasteiger partial charge in [-0.25, -0.2) is 19.2 Å². The van der Waals surface area contributed by atoms with Gasteiger partial charge >= 0.3 is 5.97 Å². The zero-order valence-electron chi connectivity index (χ0n) is 21.5. The number of pyridine rings is 2. The lowest BCUT2D eigenvalue weighted by atomic mass is 10.0. The van der Waals surface area contributed by atoms with Crippen molar-refractivity contribution in [3.63, 3.8) is 0 Å². The number of hydrogen-bond acceptors (Lipinski definition) is 7. The Bertz CT molecular complexity index is 1830. The van der Waals surface area contributed by atoms with Gasteiger partial charge in [0.05, 0.1) is 26.7 Å². The number of piperidine rings is 1. The highest BCUT2D eigenvalue weighted by Crippen LogP contribution is 2.29. The third-order valence-electron chi connectivity index (χ3n) is 6.79. The van der Waals surface area contributed by atoms with Gasteiger partial charge in [0, 0.05) is 41.0 Å². The molecular weight excluding hydrogens is 566 g/mol. The third-order valence-corrected chi connectivity index (χ3v) is 9.01. The monoisotopic (exact) mass is 589 g/mol. The van der Waals surface area contributed by atoms with Crippen LogP contribution in [-0.4, -0.2) is 52.3 Å². The van der Waals surface area contributed by atoms with E-state index in [-0.39, 0.29) is 22.9 Å². The zero-order chi connectivity index (χ0) is 29.1. The van der Waals surface area contributed by atoms with Crippen molar-refractivity contribution in [2.45, 2.75) is 30.2 Å². The molecule has 208 valence electrons. The van der Waals surface area contributed by atoms with Crippen LogP contribution in [0.3, 0.4) is 0 Å². The summed E-state index contributed by atoms with van der Waals surface area (Å²) in [5.41, 5.74) is 5.51. The first kappa shape index (κ1) is 28.2. The highest BCUT2D eigenvalue weighted by atomic mass is 35.5. The molecule has 1 atom stereocenters. The fraction of sp³-hybridized carbons (Fsp3) is 0.172. The summed E-state index contributed by atoms with van der Waals surface area (Å²) in [6.07, 6.45) is 4.67. The van der Waals surface area contributed by atoms with E-state index < -0.39 is 27.9 Å². The van der Waals surface area contributed by atoms with E-state index in [2.05, 4.69) is 27.2 Å². The van der Waals surface area contributed by atoms with Crippen LogP contribution in [0.5, 0.6) is 0 Å². The lowest BCUT2D eigenvalue weighted by Gasteiger charge is -2.31. The lowest BCUT2D eigenvalue weighted by Crippen LogP contribution is -2.47. The first-order chi connectivity index (χ1) is 19.7.